The molecule has 0 aliphatic heterocycles. The topological polar surface area (TPSA) is 22.1 Å². The van der Waals surface area contributed by atoms with Crippen LogP contribution in [0, 0.1) is 0 Å². The average Bonchev–Trinajstić information content (AvgIpc) is 2.39. The lowest BCUT2D eigenvalue weighted by atomic mass is 10.1. The fourth-order valence-corrected chi connectivity index (χ4v) is 1.69. The number of benzene rings is 1. The van der Waals surface area contributed by atoms with Crippen LogP contribution in [-0.2, 0) is 12.6 Å². The summed E-state index contributed by atoms with van der Waals surface area (Å²) in [5, 5.41) is 0. The third-order valence-corrected chi connectivity index (χ3v) is 2.64. The number of halogens is 6. The molecule has 8 heteroatoms. The van der Waals surface area contributed by atoms with Crippen molar-refractivity contribution < 1.29 is 31.1 Å². The summed E-state index contributed by atoms with van der Waals surface area (Å²) in [4.78, 5) is 3.45. The molecule has 0 aliphatic rings. The van der Waals surface area contributed by atoms with E-state index in [9.17, 15) is 26.3 Å². The van der Waals surface area contributed by atoms with Crippen LogP contribution < -0.4 is 4.74 Å². The highest BCUT2D eigenvalue weighted by Crippen LogP contribution is 2.32. The van der Waals surface area contributed by atoms with Gasteiger partial charge in [0.15, 0.2) is 0 Å². The minimum absolute atomic E-state index is 0.105. The summed E-state index contributed by atoms with van der Waals surface area (Å²) in [7, 11) is 0. The first-order valence-electron chi connectivity index (χ1n) is 6.01. The molecule has 0 N–H and O–H groups in total. The predicted octanol–water partition coefficient (Wildman–Crippen LogP) is 5.00. The van der Waals surface area contributed by atoms with Crippen molar-refractivity contribution in [3.63, 3.8) is 0 Å². The summed E-state index contributed by atoms with van der Waals surface area (Å²) >= 11 is 0. The van der Waals surface area contributed by atoms with Gasteiger partial charge in [-0.15, -0.1) is 0 Å². The van der Waals surface area contributed by atoms with Crippen LogP contribution in [0.5, 0.6) is 11.6 Å². The van der Waals surface area contributed by atoms with E-state index in [4.69, 9.17) is 4.74 Å². The van der Waals surface area contributed by atoms with E-state index < -0.39 is 24.3 Å². The van der Waals surface area contributed by atoms with Gasteiger partial charge in [0.05, 0.1) is 12.0 Å². The van der Waals surface area contributed by atoms with E-state index in [1.165, 1.54) is 24.3 Å². The average molecular weight is 321 g/mol. The number of nitrogens with zero attached hydrogens (tertiary/aromatic N) is 1. The molecule has 22 heavy (non-hydrogen) atoms. The minimum Gasteiger partial charge on any atom is -0.439 e. The second kappa shape index (κ2) is 5.86. The maximum atomic E-state index is 12.4. The van der Waals surface area contributed by atoms with Gasteiger partial charge in [0.2, 0.25) is 5.88 Å². The molecular formula is C14H9F6NO. The molecule has 1 aromatic heterocycles. The van der Waals surface area contributed by atoms with Crippen molar-refractivity contribution in [3.05, 3.63) is 53.7 Å². The highest BCUT2D eigenvalue weighted by atomic mass is 19.4. The van der Waals surface area contributed by atoms with E-state index in [1.54, 1.807) is 0 Å². The van der Waals surface area contributed by atoms with Gasteiger partial charge in [-0.2, -0.15) is 26.3 Å². The largest absolute Gasteiger partial charge is 0.439 e. The van der Waals surface area contributed by atoms with Gasteiger partial charge in [-0.05, 0) is 12.1 Å². The number of ether oxygens (including phenoxy) is 1. The summed E-state index contributed by atoms with van der Waals surface area (Å²) < 4.78 is 79.7. The maximum Gasteiger partial charge on any atom is 0.417 e. The molecule has 0 atom stereocenters. The van der Waals surface area contributed by atoms with Crippen LogP contribution in [0.15, 0.2) is 42.6 Å². The molecule has 0 fully saturated rings. The molecule has 118 valence electrons. The maximum absolute atomic E-state index is 12.4. The Morgan fingerprint density at radius 1 is 0.909 bits per heavy atom. The molecule has 0 unspecified atom stereocenters. The van der Waals surface area contributed by atoms with Crippen LogP contribution in [0.1, 0.15) is 11.1 Å². The van der Waals surface area contributed by atoms with E-state index in [2.05, 4.69) is 4.98 Å². The minimum atomic E-state index is -4.54. The summed E-state index contributed by atoms with van der Waals surface area (Å²) in [6, 6.07) is 7.09. The molecule has 0 aliphatic carbocycles. The SMILES string of the molecule is FC(F)(F)Cc1ccccc1Oc1ccc(C(F)(F)F)cn1. The van der Waals surface area contributed by atoms with Gasteiger partial charge in [-0.1, -0.05) is 18.2 Å². The molecule has 0 amide bonds. The normalized spacial score (nSPS) is 12.3. The number of aromatic nitrogens is 1. The Hall–Kier alpha value is -2.25. The monoisotopic (exact) mass is 321 g/mol. The predicted molar refractivity (Wildman–Crippen MR) is 65.5 cm³/mol. The van der Waals surface area contributed by atoms with Gasteiger partial charge < -0.3 is 4.74 Å². The molecule has 1 heterocycles. The van der Waals surface area contributed by atoms with Crippen LogP contribution in [0.25, 0.3) is 0 Å². The Labute approximate surface area is 121 Å². The molecule has 0 bridgehead atoms. The number of pyridine rings is 1. The van der Waals surface area contributed by atoms with Crippen LogP contribution in [0.4, 0.5) is 26.3 Å². The summed E-state index contributed by atoms with van der Waals surface area (Å²) in [5.41, 5.74) is -1.10. The summed E-state index contributed by atoms with van der Waals surface area (Å²) in [6.45, 7) is 0. The lowest BCUT2D eigenvalue weighted by molar-refractivity contribution is -0.137. The Kier molecular flexibility index (Phi) is 4.30. The van der Waals surface area contributed by atoms with Crippen LogP contribution >= 0.6 is 0 Å². The number of para-hydroxylation sites is 1. The van der Waals surface area contributed by atoms with Crippen molar-refractivity contribution in [1.82, 2.24) is 4.98 Å². The highest BCUT2D eigenvalue weighted by Gasteiger charge is 2.31. The fraction of sp³-hybridized carbons (Fsp3) is 0.214. The first-order chi connectivity index (χ1) is 10.1. The van der Waals surface area contributed by atoms with Gasteiger partial charge in [0, 0.05) is 17.8 Å². The van der Waals surface area contributed by atoms with Crippen LogP contribution in [0.2, 0.25) is 0 Å². The molecule has 0 radical (unpaired) electrons. The molecule has 2 aromatic rings. The van der Waals surface area contributed by atoms with Crippen LogP contribution in [0.3, 0.4) is 0 Å². The zero-order chi connectivity index (χ0) is 16.4. The summed E-state index contributed by atoms with van der Waals surface area (Å²) in [6.07, 6.45) is -9.61. The van der Waals surface area contributed by atoms with E-state index in [1.807, 2.05) is 0 Å². The van der Waals surface area contributed by atoms with E-state index in [0.717, 1.165) is 12.1 Å². The van der Waals surface area contributed by atoms with Gasteiger partial charge in [0.1, 0.15) is 5.75 Å². The van der Waals surface area contributed by atoms with Crippen LogP contribution in [-0.4, -0.2) is 11.2 Å². The van der Waals surface area contributed by atoms with Crippen molar-refractivity contribution in [2.75, 3.05) is 0 Å². The second-order valence-electron chi connectivity index (χ2n) is 4.38. The Bertz CT molecular complexity index is 633. The smallest absolute Gasteiger partial charge is 0.417 e. The Balaban J connectivity index is 2.21. The van der Waals surface area contributed by atoms with E-state index >= 15 is 0 Å². The molecular weight excluding hydrogens is 312 g/mol. The standard InChI is InChI=1S/C14H9F6NO/c15-13(16,17)7-9-3-1-2-4-11(9)22-12-6-5-10(8-21-12)14(18,19)20/h1-6,8H,7H2. The molecule has 2 rings (SSSR count). The van der Waals surface area contributed by atoms with Gasteiger partial charge >= 0.3 is 12.4 Å². The summed E-state index contributed by atoms with van der Waals surface area (Å²) in [5.74, 6) is -0.324. The van der Waals surface area contributed by atoms with E-state index in [-0.39, 0.29) is 17.2 Å². The third kappa shape index (κ3) is 4.37. The Morgan fingerprint density at radius 2 is 1.59 bits per heavy atom. The van der Waals surface area contributed by atoms with Crippen molar-refractivity contribution in [3.8, 4) is 11.6 Å². The van der Waals surface area contributed by atoms with Gasteiger partial charge in [0.25, 0.3) is 0 Å². The van der Waals surface area contributed by atoms with Crippen molar-refractivity contribution in [1.29, 1.82) is 0 Å². The second-order valence-corrected chi connectivity index (χ2v) is 4.38. The van der Waals surface area contributed by atoms with Gasteiger partial charge in [-0.3, -0.25) is 0 Å². The zero-order valence-electron chi connectivity index (χ0n) is 10.9. The van der Waals surface area contributed by atoms with Crippen molar-refractivity contribution in [2.24, 2.45) is 0 Å². The molecule has 0 saturated carbocycles. The number of alkyl halides is 6. The fourth-order valence-electron chi connectivity index (χ4n) is 1.69. The van der Waals surface area contributed by atoms with Crippen molar-refractivity contribution >= 4 is 0 Å². The number of rotatable bonds is 3. The molecule has 0 saturated heterocycles. The van der Waals surface area contributed by atoms with Crippen molar-refractivity contribution in [2.45, 2.75) is 18.8 Å². The van der Waals surface area contributed by atoms with E-state index in [0.29, 0.717) is 6.20 Å². The lowest BCUT2D eigenvalue weighted by Crippen LogP contribution is -2.12. The number of hydrogen-bond acceptors (Lipinski definition) is 2. The zero-order valence-corrected chi connectivity index (χ0v) is 10.9. The quantitative estimate of drug-likeness (QED) is 0.742. The molecule has 0 spiro atoms. The Morgan fingerprint density at radius 3 is 2.14 bits per heavy atom. The first kappa shape index (κ1) is 16.1. The number of hydrogen-bond donors (Lipinski definition) is 0. The molecule has 1 aromatic carbocycles. The first-order valence-corrected chi connectivity index (χ1v) is 6.01. The molecule has 2 nitrogen and oxygen atoms in total. The highest BCUT2D eigenvalue weighted by molar-refractivity contribution is 5.37. The third-order valence-electron chi connectivity index (χ3n) is 2.64. The lowest BCUT2D eigenvalue weighted by Gasteiger charge is -2.12. The van der Waals surface area contributed by atoms with Gasteiger partial charge in [-0.25, -0.2) is 4.98 Å².